The van der Waals surface area contributed by atoms with Gasteiger partial charge in [0.25, 0.3) is 0 Å². The van der Waals surface area contributed by atoms with Crippen LogP contribution in [0.2, 0.25) is 0 Å². The van der Waals surface area contributed by atoms with E-state index in [1.54, 1.807) is 18.8 Å². The smallest absolute Gasteiger partial charge is 0.244 e. The Morgan fingerprint density at radius 3 is 2.57 bits per heavy atom. The highest BCUT2D eigenvalue weighted by atomic mass is 32.2. The van der Waals surface area contributed by atoms with Gasteiger partial charge in [0.15, 0.2) is 0 Å². The van der Waals surface area contributed by atoms with E-state index in [1.165, 1.54) is 4.90 Å². The quantitative estimate of drug-likeness (QED) is 0.787. The average Bonchev–Trinajstić information content (AvgIpc) is 2.44. The lowest BCUT2D eigenvalue weighted by atomic mass is 10.1. The van der Waals surface area contributed by atoms with Crippen molar-refractivity contribution >= 4 is 29.3 Å². The number of carbonyl (C=O) groups excluding carboxylic acids is 2. The van der Waals surface area contributed by atoms with Gasteiger partial charge in [-0.15, -0.1) is 11.8 Å². The number of amides is 2. The van der Waals surface area contributed by atoms with Crippen LogP contribution in [0.25, 0.3) is 0 Å². The summed E-state index contributed by atoms with van der Waals surface area (Å²) in [5.74, 6) is 0.332. The minimum absolute atomic E-state index is 0.0111. The van der Waals surface area contributed by atoms with Gasteiger partial charge in [0.05, 0.1) is 12.2 Å². The van der Waals surface area contributed by atoms with Crippen molar-refractivity contribution in [2.45, 2.75) is 31.6 Å². The summed E-state index contributed by atoms with van der Waals surface area (Å²) in [5, 5.41) is 2.86. The minimum Gasteiger partial charge on any atom is -0.336 e. The summed E-state index contributed by atoms with van der Waals surface area (Å²) < 4.78 is 0. The van der Waals surface area contributed by atoms with Crippen LogP contribution in [0.4, 0.5) is 5.69 Å². The van der Waals surface area contributed by atoms with E-state index in [0.29, 0.717) is 12.3 Å². The molecule has 0 heterocycles. The monoisotopic (exact) mass is 308 g/mol. The van der Waals surface area contributed by atoms with Crippen LogP contribution >= 0.6 is 11.8 Å². The SMILES string of the molecule is CSc1ccccc1NC(=O)CN(C)C(=O)CCC(C)C. The van der Waals surface area contributed by atoms with Crippen LogP contribution in [-0.2, 0) is 9.59 Å². The highest BCUT2D eigenvalue weighted by molar-refractivity contribution is 7.98. The molecule has 0 aromatic heterocycles. The molecule has 1 rings (SSSR count). The van der Waals surface area contributed by atoms with Crippen molar-refractivity contribution in [2.75, 3.05) is 25.2 Å². The van der Waals surface area contributed by atoms with E-state index >= 15 is 0 Å². The molecule has 0 radical (unpaired) electrons. The molecule has 1 aromatic rings. The fourth-order valence-corrected chi connectivity index (χ4v) is 2.40. The van der Waals surface area contributed by atoms with E-state index < -0.39 is 0 Å². The molecule has 1 N–H and O–H groups in total. The van der Waals surface area contributed by atoms with Crippen LogP contribution in [0.15, 0.2) is 29.2 Å². The molecule has 0 aliphatic rings. The van der Waals surface area contributed by atoms with Gasteiger partial charge >= 0.3 is 0 Å². The van der Waals surface area contributed by atoms with Crippen LogP contribution < -0.4 is 5.32 Å². The first kappa shape index (κ1) is 17.6. The van der Waals surface area contributed by atoms with Crippen LogP contribution in [0.1, 0.15) is 26.7 Å². The third-order valence-electron chi connectivity index (χ3n) is 3.12. The number of rotatable bonds is 7. The Morgan fingerprint density at radius 1 is 1.29 bits per heavy atom. The summed E-state index contributed by atoms with van der Waals surface area (Å²) in [4.78, 5) is 26.4. The van der Waals surface area contributed by atoms with Crippen molar-refractivity contribution in [2.24, 2.45) is 5.92 Å². The number of anilines is 1. The lowest BCUT2D eigenvalue weighted by molar-refractivity contribution is -0.133. The lowest BCUT2D eigenvalue weighted by Crippen LogP contribution is -2.35. The second-order valence-corrected chi connectivity index (χ2v) is 6.28. The number of para-hydroxylation sites is 1. The van der Waals surface area contributed by atoms with Gasteiger partial charge in [-0.1, -0.05) is 26.0 Å². The highest BCUT2D eigenvalue weighted by Crippen LogP contribution is 2.24. The molecule has 116 valence electrons. The maximum atomic E-state index is 12.0. The third kappa shape index (κ3) is 6.21. The molecule has 0 aliphatic carbocycles. The number of hydrogen-bond donors (Lipinski definition) is 1. The van der Waals surface area contributed by atoms with E-state index in [4.69, 9.17) is 0 Å². The molecule has 1 aromatic carbocycles. The van der Waals surface area contributed by atoms with Gasteiger partial charge in [-0.25, -0.2) is 0 Å². The molecule has 0 atom stereocenters. The van der Waals surface area contributed by atoms with Crippen LogP contribution in [0, 0.1) is 5.92 Å². The van der Waals surface area contributed by atoms with Crippen molar-refractivity contribution in [3.63, 3.8) is 0 Å². The predicted octanol–water partition coefficient (Wildman–Crippen LogP) is 3.24. The Balaban J connectivity index is 2.51. The molecule has 5 heteroatoms. The Kier molecular flexibility index (Phi) is 7.29. The van der Waals surface area contributed by atoms with E-state index in [0.717, 1.165) is 17.0 Å². The third-order valence-corrected chi connectivity index (χ3v) is 3.92. The Labute approximate surface area is 131 Å². The molecule has 0 bridgehead atoms. The Morgan fingerprint density at radius 2 is 1.95 bits per heavy atom. The summed E-state index contributed by atoms with van der Waals surface area (Å²) in [6.07, 6.45) is 3.30. The largest absolute Gasteiger partial charge is 0.336 e. The van der Waals surface area contributed by atoms with E-state index in [2.05, 4.69) is 19.2 Å². The minimum atomic E-state index is -0.170. The molecule has 2 amide bonds. The molecule has 0 fully saturated rings. The molecule has 4 nitrogen and oxygen atoms in total. The van der Waals surface area contributed by atoms with Crippen molar-refractivity contribution in [3.05, 3.63) is 24.3 Å². The Hall–Kier alpha value is -1.49. The number of nitrogens with one attached hydrogen (secondary N) is 1. The maximum Gasteiger partial charge on any atom is 0.244 e. The van der Waals surface area contributed by atoms with Gasteiger partial charge in [0.1, 0.15) is 0 Å². The zero-order valence-electron chi connectivity index (χ0n) is 13.2. The van der Waals surface area contributed by atoms with Crippen molar-refractivity contribution in [3.8, 4) is 0 Å². The fraction of sp³-hybridized carbons (Fsp3) is 0.500. The molecular formula is C16H24N2O2S. The average molecular weight is 308 g/mol. The first-order valence-electron chi connectivity index (χ1n) is 7.11. The van der Waals surface area contributed by atoms with Gasteiger partial charge in [-0.2, -0.15) is 0 Å². The molecule has 0 spiro atoms. The van der Waals surface area contributed by atoms with Crippen LogP contribution in [-0.4, -0.2) is 36.6 Å². The summed E-state index contributed by atoms with van der Waals surface area (Å²) in [5.41, 5.74) is 0.790. The number of benzene rings is 1. The Bertz CT molecular complexity index is 489. The molecule has 0 unspecified atom stereocenters. The number of thioether (sulfide) groups is 1. The zero-order chi connectivity index (χ0) is 15.8. The van der Waals surface area contributed by atoms with E-state index in [9.17, 15) is 9.59 Å². The first-order chi connectivity index (χ1) is 9.93. The topological polar surface area (TPSA) is 49.4 Å². The highest BCUT2D eigenvalue weighted by Gasteiger charge is 2.14. The maximum absolute atomic E-state index is 12.0. The van der Waals surface area contributed by atoms with E-state index in [-0.39, 0.29) is 18.4 Å². The second kappa shape index (κ2) is 8.72. The first-order valence-corrected chi connectivity index (χ1v) is 8.33. The summed E-state index contributed by atoms with van der Waals surface area (Å²) >= 11 is 1.58. The molecule has 21 heavy (non-hydrogen) atoms. The van der Waals surface area contributed by atoms with Crippen LogP contribution in [0.3, 0.4) is 0 Å². The standard InChI is InChI=1S/C16H24N2O2S/c1-12(2)9-10-16(20)18(3)11-15(19)17-13-7-5-6-8-14(13)21-4/h5-8,12H,9-11H2,1-4H3,(H,17,19). The fourth-order valence-electron chi connectivity index (χ4n) is 1.84. The normalized spacial score (nSPS) is 10.5. The predicted molar refractivity (Wildman–Crippen MR) is 88.6 cm³/mol. The molecular weight excluding hydrogens is 284 g/mol. The van der Waals surface area contributed by atoms with Gasteiger partial charge in [-0.05, 0) is 30.7 Å². The van der Waals surface area contributed by atoms with E-state index in [1.807, 2.05) is 30.5 Å². The summed E-state index contributed by atoms with van der Waals surface area (Å²) in [7, 11) is 1.67. The summed E-state index contributed by atoms with van der Waals surface area (Å²) in [6.45, 7) is 4.25. The number of carbonyl (C=O) groups is 2. The van der Waals surface area contributed by atoms with Crippen LogP contribution in [0.5, 0.6) is 0 Å². The van der Waals surface area contributed by atoms with Crippen molar-refractivity contribution in [1.29, 1.82) is 0 Å². The van der Waals surface area contributed by atoms with Gasteiger partial charge in [0, 0.05) is 18.4 Å². The van der Waals surface area contributed by atoms with Gasteiger partial charge in [0.2, 0.25) is 11.8 Å². The van der Waals surface area contributed by atoms with Gasteiger partial charge < -0.3 is 10.2 Å². The molecule has 0 aliphatic heterocycles. The molecule has 0 saturated heterocycles. The van der Waals surface area contributed by atoms with Crippen molar-refractivity contribution < 1.29 is 9.59 Å². The molecule has 0 saturated carbocycles. The number of hydrogen-bond acceptors (Lipinski definition) is 3. The number of nitrogens with zero attached hydrogens (tertiary/aromatic N) is 1. The number of likely N-dealkylation sites (N-methyl/N-ethyl adjacent to an activating group) is 1. The second-order valence-electron chi connectivity index (χ2n) is 5.43. The lowest BCUT2D eigenvalue weighted by Gasteiger charge is -2.18. The summed E-state index contributed by atoms with van der Waals surface area (Å²) in [6, 6.07) is 7.64. The zero-order valence-corrected chi connectivity index (χ0v) is 14.0. The van der Waals surface area contributed by atoms with Crippen molar-refractivity contribution in [1.82, 2.24) is 4.90 Å². The van der Waals surface area contributed by atoms with Gasteiger partial charge in [-0.3, -0.25) is 9.59 Å².